The zero-order valence-corrected chi connectivity index (χ0v) is 22.2. The molecule has 202 valence electrons. The van der Waals surface area contributed by atoms with E-state index in [0.717, 1.165) is 16.0 Å². The molecule has 1 atom stereocenters. The highest BCUT2D eigenvalue weighted by molar-refractivity contribution is 7.92. The summed E-state index contributed by atoms with van der Waals surface area (Å²) in [5.41, 5.74) is 3.33. The van der Waals surface area contributed by atoms with Crippen LogP contribution in [0.3, 0.4) is 0 Å². The maximum atomic E-state index is 13.8. The summed E-state index contributed by atoms with van der Waals surface area (Å²) in [5, 5.41) is 9.28. The number of morpholine rings is 1. The molecule has 3 amide bonds. The van der Waals surface area contributed by atoms with E-state index >= 15 is 0 Å². The van der Waals surface area contributed by atoms with Crippen LogP contribution in [0.4, 0.5) is 4.79 Å². The van der Waals surface area contributed by atoms with Crippen LogP contribution in [0.5, 0.6) is 0 Å². The van der Waals surface area contributed by atoms with Gasteiger partial charge in [0.15, 0.2) is 22.0 Å². The highest BCUT2D eigenvalue weighted by Gasteiger charge is 2.50. The summed E-state index contributed by atoms with van der Waals surface area (Å²) in [6.45, 7) is 1.97. The number of carbonyl (C=O) groups excluding carboxylic acids is 2. The average Bonchev–Trinajstić information content (AvgIpc) is 3.63. The summed E-state index contributed by atoms with van der Waals surface area (Å²) in [5.74, 6) is -0.452. The van der Waals surface area contributed by atoms with Crippen LogP contribution in [0.15, 0.2) is 53.4 Å². The third kappa shape index (κ3) is 5.06. The number of hydrogen-bond acceptors (Lipinski definition) is 9. The molecule has 0 radical (unpaired) electrons. The molecule has 2 N–H and O–H groups in total. The number of thiophene rings is 1. The van der Waals surface area contributed by atoms with Gasteiger partial charge in [-0.25, -0.2) is 23.7 Å². The highest BCUT2D eigenvalue weighted by Crippen LogP contribution is 2.45. The van der Waals surface area contributed by atoms with E-state index in [0.29, 0.717) is 36.9 Å². The number of amides is 3. The Bertz CT molecular complexity index is 1380. The Balaban J connectivity index is 1.45. The fraction of sp³-hybridized carbons (Fsp3) is 0.400. The molecule has 38 heavy (non-hydrogen) atoms. The Labute approximate surface area is 223 Å². The number of carbonyl (C=O) groups is 2. The molecule has 1 unspecified atom stereocenters. The van der Waals surface area contributed by atoms with Crippen LogP contribution in [-0.4, -0.2) is 85.5 Å². The summed E-state index contributed by atoms with van der Waals surface area (Å²) < 4.78 is 36.7. The van der Waals surface area contributed by atoms with Crippen molar-refractivity contribution in [3.63, 3.8) is 0 Å². The number of ether oxygens (including phenoxy) is 1. The summed E-state index contributed by atoms with van der Waals surface area (Å²) in [4.78, 5) is 34.0. The lowest BCUT2D eigenvalue weighted by molar-refractivity contribution is -0.129. The second-order valence-electron chi connectivity index (χ2n) is 9.25. The third-order valence-corrected chi connectivity index (χ3v) is 11.0. The molecule has 2 fully saturated rings. The minimum atomic E-state index is -3.90. The van der Waals surface area contributed by atoms with E-state index in [1.54, 1.807) is 22.6 Å². The number of nitrogens with one attached hydrogen (secondary N) is 1. The van der Waals surface area contributed by atoms with E-state index in [-0.39, 0.29) is 31.3 Å². The second kappa shape index (κ2) is 10.8. The Kier molecular flexibility index (Phi) is 7.52. The van der Waals surface area contributed by atoms with Crippen molar-refractivity contribution in [1.82, 2.24) is 20.3 Å². The minimum absolute atomic E-state index is 0.0301. The molecule has 0 saturated carbocycles. The monoisotopic (exact) mass is 560 g/mol. The van der Waals surface area contributed by atoms with Crippen molar-refractivity contribution in [3.8, 4) is 21.8 Å². The van der Waals surface area contributed by atoms with Crippen molar-refractivity contribution < 1.29 is 32.4 Å². The van der Waals surface area contributed by atoms with Crippen molar-refractivity contribution in [2.45, 2.75) is 17.6 Å². The number of sulfone groups is 1. The summed E-state index contributed by atoms with van der Waals surface area (Å²) in [6.07, 6.45) is 2.57. The molecule has 0 aliphatic carbocycles. The fourth-order valence-electron chi connectivity index (χ4n) is 4.91. The number of oxazole rings is 1. The summed E-state index contributed by atoms with van der Waals surface area (Å²) in [6, 6.07) is 10.9. The first-order valence-electron chi connectivity index (χ1n) is 12.2. The van der Waals surface area contributed by atoms with Gasteiger partial charge in [0, 0.05) is 41.5 Å². The Morgan fingerprint density at radius 2 is 1.74 bits per heavy atom. The SMILES string of the molecule is O=C(CC1(c2ccc(-c3ccc(-c4cnco4)cc3)s2)CCN(C(=O)N2CCOCC2)CCS1(=O)=O)NO. The van der Waals surface area contributed by atoms with Gasteiger partial charge in [-0.05, 0) is 24.1 Å². The van der Waals surface area contributed by atoms with E-state index in [1.807, 2.05) is 30.3 Å². The predicted octanol–water partition coefficient (Wildman–Crippen LogP) is 2.73. The zero-order chi connectivity index (χ0) is 26.8. The van der Waals surface area contributed by atoms with Crippen molar-refractivity contribution in [2.75, 3.05) is 45.1 Å². The normalized spacial score (nSPS) is 21.6. The number of rotatable bonds is 5. The minimum Gasteiger partial charge on any atom is -0.444 e. The predicted molar refractivity (Wildman–Crippen MR) is 139 cm³/mol. The standard InChI is InChI=1S/C25H28N4O7S2/c30-23(27-32)15-25(7-8-28(11-14-38(25,33)34)24(31)29-9-12-35-13-10-29)22-6-5-21(37-22)19-3-1-18(2-4-19)20-16-26-17-36-20/h1-6,16-17,32H,7-15H2,(H,27,30). The topological polar surface area (TPSA) is 142 Å². The van der Waals surface area contributed by atoms with Crippen LogP contribution in [0, 0.1) is 0 Å². The second-order valence-corrected chi connectivity index (χ2v) is 12.8. The van der Waals surface area contributed by atoms with Crippen LogP contribution in [0.2, 0.25) is 0 Å². The summed E-state index contributed by atoms with van der Waals surface area (Å²) >= 11 is 1.29. The van der Waals surface area contributed by atoms with Crippen molar-refractivity contribution in [3.05, 3.63) is 53.9 Å². The largest absolute Gasteiger partial charge is 0.444 e. The Morgan fingerprint density at radius 1 is 1.03 bits per heavy atom. The van der Waals surface area contributed by atoms with Crippen LogP contribution < -0.4 is 5.48 Å². The smallest absolute Gasteiger partial charge is 0.320 e. The number of hydroxylamine groups is 1. The van der Waals surface area contributed by atoms with Gasteiger partial charge in [-0.2, -0.15) is 0 Å². The van der Waals surface area contributed by atoms with Crippen LogP contribution in [0.25, 0.3) is 21.8 Å². The fourth-order valence-corrected chi connectivity index (χ4v) is 8.52. The van der Waals surface area contributed by atoms with E-state index in [2.05, 4.69) is 4.98 Å². The zero-order valence-electron chi connectivity index (χ0n) is 20.5. The van der Waals surface area contributed by atoms with E-state index in [4.69, 9.17) is 9.15 Å². The molecule has 0 bridgehead atoms. The van der Waals surface area contributed by atoms with Gasteiger partial charge in [0.2, 0.25) is 5.91 Å². The van der Waals surface area contributed by atoms with E-state index in [9.17, 15) is 23.2 Å². The van der Waals surface area contributed by atoms with Gasteiger partial charge >= 0.3 is 6.03 Å². The van der Waals surface area contributed by atoms with Crippen LogP contribution in [-0.2, 0) is 24.1 Å². The molecule has 4 heterocycles. The Morgan fingerprint density at radius 3 is 2.42 bits per heavy atom. The Hall–Kier alpha value is -3.26. The van der Waals surface area contributed by atoms with E-state index < -0.39 is 26.9 Å². The molecule has 2 aliphatic rings. The van der Waals surface area contributed by atoms with Gasteiger partial charge < -0.3 is 19.0 Å². The van der Waals surface area contributed by atoms with Crippen molar-refractivity contribution in [1.29, 1.82) is 0 Å². The molecule has 0 spiro atoms. The lowest BCUT2D eigenvalue weighted by Crippen LogP contribution is -2.49. The molecular formula is C25H28N4O7S2. The molecule has 5 rings (SSSR count). The number of nitrogens with zero attached hydrogens (tertiary/aromatic N) is 3. The molecule has 13 heteroatoms. The quantitative estimate of drug-likeness (QED) is 0.358. The van der Waals surface area contributed by atoms with Crippen LogP contribution in [0.1, 0.15) is 17.7 Å². The maximum absolute atomic E-state index is 13.8. The van der Waals surface area contributed by atoms with E-state index in [1.165, 1.54) is 22.6 Å². The first-order valence-corrected chi connectivity index (χ1v) is 14.7. The molecule has 11 nitrogen and oxygen atoms in total. The molecule has 2 aromatic heterocycles. The number of aromatic nitrogens is 1. The molecule has 2 aliphatic heterocycles. The highest BCUT2D eigenvalue weighted by atomic mass is 32.2. The van der Waals surface area contributed by atoms with Gasteiger partial charge in [-0.3, -0.25) is 10.0 Å². The molecule has 1 aromatic carbocycles. The number of benzene rings is 1. The van der Waals surface area contributed by atoms with Crippen LogP contribution >= 0.6 is 11.3 Å². The molecule has 2 saturated heterocycles. The third-order valence-electron chi connectivity index (χ3n) is 7.08. The summed E-state index contributed by atoms with van der Waals surface area (Å²) in [7, 11) is -3.90. The van der Waals surface area contributed by atoms with Crippen molar-refractivity contribution in [2.24, 2.45) is 0 Å². The maximum Gasteiger partial charge on any atom is 0.320 e. The van der Waals surface area contributed by atoms with Gasteiger partial charge in [-0.15, -0.1) is 11.3 Å². The van der Waals surface area contributed by atoms with Gasteiger partial charge in [0.25, 0.3) is 0 Å². The average molecular weight is 561 g/mol. The lowest BCUT2D eigenvalue weighted by atomic mass is 9.97. The molecular weight excluding hydrogens is 532 g/mol. The molecule has 3 aromatic rings. The number of urea groups is 1. The van der Waals surface area contributed by atoms with Gasteiger partial charge in [-0.1, -0.05) is 24.3 Å². The first kappa shape index (κ1) is 26.4. The lowest BCUT2D eigenvalue weighted by Gasteiger charge is -2.33. The first-order chi connectivity index (χ1) is 18.3. The van der Waals surface area contributed by atoms with Gasteiger partial charge in [0.05, 0.1) is 31.6 Å². The van der Waals surface area contributed by atoms with Gasteiger partial charge in [0.1, 0.15) is 4.75 Å². The van der Waals surface area contributed by atoms with Crippen molar-refractivity contribution >= 4 is 33.1 Å². The number of hydrogen-bond donors (Lipinski definition) is 2.